The summed E-state index contributed by atoms with van der Waals surface area (Å²) in [6.45, 7) is 3.09. The quantitative estimate of drug-likeness (QED) is 0.556. The van der Waals surface area contributed by atoms with E-state index in [0.717, 1.165) is 53.3 Å². The second-order valence-corrected chi connectivity index (χ2v) is 13.2. The van der Waals surface area contributed by atoms with Gasteiger partial charge in [-0.15, -0.1) is 11.3 Å². The molecule has 34 heavy (non-hydrogen) atoms. The number of Topliss-reactive ketones (excluding diaryl/α,β-unsaturated/α-hetero) is 1. The zero-order chi connectivity index (χ0) is 23.4. The fourth-order valence-electron chi connectivity index (χ4n) is 8.09. The number of hydrogen-bond donors (Lipinski definition) is 1. The van der Waals surface area contributed by atoms with Crippen LogP contribution in [-0.4, -0.2) is 29.7 Å². The predicted octanol–water partition coefficient (Wildman–Crippen LogP) is 5.43. The first-order chi connectivity index (χ1) is 16.4. The average Bonchev–Trinajstić information content (AvgIpc) is 3.11. The first kappa shape index (κ1) is 22.8. The molecule has 4 aliphatic carbocycles. The van der Waals surface area contributed by atoms with Gasteiger partial charge in [0.1, 0.15) is 5.78 Å². The topological polar surface area (TPSA) is 63.4 Å². The first-order valence-corrected chi connectivity index (χ1v) is 14.0. The van der Waals surface area contributed by atoms with Gasteiger partial charge in [-0.05, 0) is 91.4 Å². The summed E-state index contributed by atoms with van der Waals surface area (Å²) in [5.41, 5.74) is 9.02. The van der Waals surface area contributed by atoms with Crippen LogP contribution in [0.2, 0.25) is 5.02 Å². The molecule has 0 saturated heterocycles. The number of carbonyl (C=O) groups is 2. The fraction of sp³-hybridized carbons (Fsp3) is 0.571. The minimum atomic E-state index is -0.388. The molecule has 1 aliphatic heterocycles. The zero-order valence-corrected chi connectivity index (χ0v) is 21.2. The summed E-state index contributed by atoms with van der Waals surface area (Å²) in [5, 5.41) is 0.663. The van der Waals surface area contributed by atoms with Gasteiger partial charge < -0.3 is 5.73 Å². The van der Waals surface area contributed by atoms with E-state index in [1.807, 2.05) is 12.1 Å². The summed E-state index contributed by atoms with van der Waals surface area (Å²) < 4.78 is 0. The van der Waals surface area contributed by atoms with Crippen molar-refractivity contribution in [3.8, 4) is 0 Å². The molecule has 4 nitrogen and oxygen atoms in total. The summed E-state index contributed by atoms with van der Waals surface area (Å²) in [5.74, 6) is 2.62. The average molecular weight is 497 g/mol. The molecule has 0 unspecified atom stereocenters. The number of nitrogens with two attached hydrogens (primary N) is 1. The monoisotopic (exact) mass is 496 g/mol. The van der Waals surface area contributed by atoms with Gasteiger partial charge in [-0.2, -0.15) is 0 Å². The Hall–Kier alpha value is -1.69. The number of rotatable bonds is 7. The molecule has 1 aromatic heterocycles. The Labute approximate surface area is 210 Å². The Kier molecular flexibility index (Phi) is 5.86. The van der Waals surface area contributed by atoms with Crippen LogP contribution >= 0.6 is 22.9 Å². The van der Waals surface area contributed by atoms with Gasteiger partial charge in [0, 0.05) is 47.3 Å². The van der Waals surface area contributed by atoms with Gasteiger partial charge in [-0.25, -0.2) is 0 Å². The van der Waals surface area contributed by atoms with Crippen molar-refractivity contribution < 1.29 is 9.59 Å². The number of ketones is 1. The molecule has 4 saturated carbocycles. The minimum absolute atomic E-state index is 0.105. The maximum Gasteiger partial charge on any atom is 0.250 e. The van der Waals surface area contributed by atoms with Crippen molar-refractivity contribution in [2.75, 3.05) is 13.1 Å². The molecule has 0 radical (unpaired) electrons. The third-order valence-electron chi connectivity index (χ3n) is 8.85. The molecule has 2 N–H and O–H groups in total. The molecule has 4 fully saturated rings. The van der Waals surface area contributed by atoms with Gasteiger partial charge in [0.25, 0.3) is 0 Å². The highest BCUT2D eigenvalue weighted by Crippen LogP contribution is 2.60. The molecule has 180 valence electrons. The van der Waals surface area contributed by atoms with E-state index in [2.05, 4.69) is 4.90 Å². The van der Waals surface area contributed by atoms with Crippen LogP contribution < -0.4 is 5.73 Å². The van der Waals surface area contributed by atoms with E-state index in [0.29, 0.717) is 22.4 Å². The highest BCUT2D eigenvalue weighted by atomic mass is 35.5. The molecule has 1 amide bonds. The van der Waals surface area contributed by atoms with E-state index < -0.39 is 0 Å². The van der Waals surface area contributed by atoms with Crippen LogP contribution in [0.4, 0.5) is 0 Å². The number of amides is 1. The van der Waals surface area contributed by atoms with E-state index in [4.69, 9.17) is 17.3 Å². The second kappa shape index (κ2) is 8.76. The predicted molar refractivity (Wildman–Crippen MR) is 136 cm³/mol. The molecule has 0 spiro atoms. The maximum atomic E-state index is 12.8. The summed E-state index contributed by atoms with van der Waals surface area (Å²) in [6, 6.07) is 7.39. The van der Waals surface area contributed by atoms with Crippen LogP contribution in [0.3, 0.4) is 0 Å². The van der Waals surface area contributed by atoms with E-state index in [-0.39, 0.29) is 18.1 Å². The molecule has 6 heteroatoms. The SMILES string of the molecule is NC(=O)c1c(CC(=O)Cc2ccc(Cl)cc2)sc2c1CCN(CC13CC4CC(CC(C4)C1)C3)C2. The van der Waals surface area contributed by atoms with E-state index in [1.165, 1.54) is 49.9 Å². The molecule has 2 aromatic rings. The van der Waals surface area contributed by atoms with Gasteiger partial charge in [-0.3, -0.25) is 14.5 Å². The highest BCUT2D eigenvalue weighted by molar-refractivity contribution is 7.12. The molecule has 7 rings (SSSR count). The third kappa shape index (κ3) is 4.36. The van der Waals surface area contributed by atoms with Gasteiger partial charge in [0.15, 0.2) is 0 Å². The molecule has 4 bridgehead atoms. The van der Waals surface area contributed by atoms with Gasteiger partial charge >= 0.3 is 0 Å². The van der Waals surface area contributed by atoms with E-state index >= 15 is 0 Å². The van der Waals surface area contributed by atoms with Gasteiger partial charge in [-0.1, -0.05) is 23.7 Å². The molecular weight excluding hydrogens is 464 g/mol. The minimum Gasteiger partial charge on any atom is -0.366 e. The second-order valence-electron chi connectivity index (χ2n) is 11.6. The summed E-state index contributed by atoms with van der Waals surface area (Å²) in [4.78, 5) is 30.0. The summed E-state index contributed by atoms with van der Waals surface area (Å²) >= 11 is 7.61. The van der Waals surface area contributed by atoms with E-state index in [9.17, 15) is 9.59 Å². The van der Waals surface area contributed by atoms with Crippen molar-refractivity contribution in [3.05, 3.63) is 55.7 Å². The van der Waals surface area contributed by atoms with E-state index in [1.54, 1.807) is 23.5 Å². The van der Waals surface area contributed by atoms with Gasteiger partial charge in [0.05, 0.1) is 5.56 Å². The Balaban J connectivity index is 1.17. The van der Waals surface area contributed by atoms with Crippen molar-refractivity contribution >= 4 is 34.6 Å². The standard InChI is InChI=1S/C28H33ClN2O2S/c29-21-3-1-17(2-4-21)10-22(32)11-24-26(27(30)33)23-5-6-31(15-25(23)34-24)16-28-12-18-7-19(13-28)9-20(8-18)14-28/h1-4,18-20H,5-16H2,(H2,30,33). The number of hydrogen-bond acceptors (Lipinski definition) is 4. The highest BCUT2D eigenvalue weighted by Gasteiger charge is 2.51. The van der Waals surface area contributed by atoms with Crippen molar-refractivity contribution in [1.82, 2.24) is 4.90 Å². The van der Waals surface area contributed by atoms with Gasteiger partial charge in [0.2, 0.25) is 5.91 Å². The van der Waals surface area contributed by atoms with Crippen molar-refractivity contribution in [2.45, 2.75) is 64.3 Å². The molecule has 0 atom stereocenters. The van der Waals surface area contributed by atoms with Crippen LogP contribution in [0.15, 0.2) is 24.3 Å². The van der Waals surface area contributed by atoms with Crippen LogP contribution in [-0.2, 0) is 30.6 Å². The normalized spacial score (nSPS) is 29.9. The third-order valence-corrected chi connectivity index (χ3v) is 10.3. The molecule has 5 aliphatic rings. The summed E-state index contributed by atoms with van der Waals surface area (Å²) in [7, 11) is 0. The molecular formula is C28H33ClN2O2S. The Morgan fingerprint density at radius 2 is 1.68 bits per heavy atom. The number of primary amides is 1. The van der Waals surface area contributed by atoms with Crippen LogP contribution in [0.25, 0.3) is 0 Å². The number of halogens is 1. The van der Waals surface area contributed by atoms with Crippen LogP contribution in [0.5, 0.6) is 0 Å². The van der Waals surface area contributed by atoms with Crippen LogP contribution in [0, 0.1) is 23.2 Å². The molecule has 2 heterocycles. The number of nitrogens with zero attached hydrogens (tertiary/aromatic N) is 1. The van der Waals surface area contributed by atoms with Crippen molar-refractivity contribution in [3.63, 3.8) is 0 Å². The number of fused-ring (bicyclic) bond motifs is 1. The lowest BCUT2D eigenvalue weighted by atomic mass is 9.49. The maximum absolute atomic E-state index is 12.8. The Morgan fingerprint density at radius 1 is 1.03 bits per heavy atom. The lowest BCUT2D eigenvalue weighted by molar-refractivity contribution is -0.117. The number of benzene rings is 1. The Bertz CT molecular complexity index is 1090. The fourth-order valence-corrected chi connectivity index (χ4v) is 9.65. The number of carbonyl (C=O) groups excluding carboxylic acids is 2. The molecule has 1 aromatic carbocycles. The van der Waals surface area contributed by atoms with Crippen molar-refractivity contribution in [2.24, 2.45) is 28.9 Å². The summed E-state index contributed by atoms with van der Waals surface area (Å²) in [6.07, 6.45) is 10.2. The lowest BCUT2D eigenvalue weighted by Gasteiger charge is -2.58. The lowest BCUT2D eigenvalue weighted by Crippen LogP contribution is -2.51. The smallest absolute Gasteiger partial charge is 0.250 e. The largest absolute Gasteiger partial charge is 0.366 e. The Morgan fingerprint density at radius 3 is 2.29 bits per heavy atom. The first-order valence-electron chi connectivity index (χ1n) is 12.8. The van der Waals surface area contributed by atoms with Crippen LogP contribution in [0.1, 0.15) is 69.8 Å². The zero-order valence-electron chi connectivity index (χ0n) is 19.7. The number of thiophene rings is 1. The van der Waals surface area contributed by atoms with Crippen molar-refractivity contribution in [1.29, 1.82) is 0 Å².